The average molecular weight is 263 g/mol. The first kappa shape index (κ1) is 13.2. The molecular weight excluding hydrogens is 246 g/mol. The Hall–Kier alpha value is -2.21. The van der Waals surface area contributed by atoms with Crippen LogP contribution in [0.25, 0.3) is 0 Å². The standard InChI is InChI=1S/C13H17N3O3/c1-2-19-10-5-3-9(4-6-10)14-8-12(17)11-7-15-13(18)16-11/h3-7,12,14,17H,2,8H2,1H3,(H2,15,16,18). The van der Waals surface area contributed by atoms with Gasteiger partial charge < -0.3 is 25.1 Å². The van der Waals surface area contributed by atoms with Crippen molar-refractivity contribution in [2.75, 3.05) is 18.5 Å². The van der Waals surface area contributed by atoms with Crippen LogP contribution in [0.4, 0.5) is 5.69 Å². The summed E-state index contributed by atoms with van der Waals surface area (Å²) in [6.07, 6.45) is 0.692. The molecule has 2 rings (SSSR count). The van der Waals surface area contributed by atoms with Crippen LogP contribution in [0.15, 0.2) is 35.3 Å². The van der Waals surface area contributed by atoms with E-state index < -0.39 is 6.10 Å². The number of H-pyrrole nitrogens is 2. The molecule has 1 unspecified atom stereocenters. The number of hydrogen-bond acceptors (Lipinski definition) is 4. The van der Waals surface area contributed by atoms with Gasteiger partial charge in [-0.05, 0) is 31.2 Å². The van der Waals surface area contributed by atoms with E-state index in [2.05, 4.69) is 15.3 Å². The summed E-state index contributed by atoms with van der Waals surface area (Å²) in [4.78, 5) is 15.9. The van der Waals surface area contributed by atoms with Crippen molar-refractivity contribution >= 4 is 5.69 Å². The monoisotopic (exact) mass is 263 g/mol. The number of imidazole rings is 1. The molecule has 1 aromatic carbocycles. The van der Waals surface area contributed by atoms with E-state index in [9.17, 15) is 9.90 Å². The van der Waals surface area contributed by atoms with E-state index in [4.69, 9.17) is 4.74 Å². The lowest BCUT2D eigenvalue weighted by atomic mass is 10.2. The molecule has 1 heterocycles. The van der Waals surface area contributed by atoms with Crippen molar-refractivity contribution in [3.63, 3.8) is 0 Å². The van der Waals surface area contributed by atoms with Gasteiger partial charge in [-0.2, -0.15) is 0 Å². The number of aliphatic hydroxyl groups excluding tert-OH is 1. The molecule has 0 saturated carbocycles. The van der Waals surface area contributed by atoms with Gasteiger partial charge in [0.1, 0.15) is 11.9 Å². The van der Waals surface area contributed by atoms with E-state index in [0.29, 0.717) is 18.8 Å². The highest BCUT2D eigenvalue weighted by molar-refractivity contribution is 5.46. The first-order valence-electron chi connectivity index (χ1n) is 6.11. The molecule has 0 spiro atoms. The number of ether oxygens (including phenoxy) is 1. The number of aromatic nitrogens is 2. The summed E-state index contributed by atoms with van der Waals surface area (Å²) >= 11 is 0. The zero-order valence-electron chi connectivity index (χ0n) is 10.6. The predicted octanol–water partition coefficient (Wildman–Crippen LogP) is 1.25. The molecule has 6 heteroatoms. The van der Waals surface area contributed by atoms with Crippen molar-refractivity contribution < 1.29 is 9.84 Å². The number of aromatic amines is 2. The normalized spacial score (nSPS) is 12.1. The molecule has 0 aliphatic carbocycles. The topological polar surface area (TPSA) is 90.1 Å². The van der Waals surface area contributed by atoms with Crippen LogP contribution >= 0.6 is 0 Å². The summed E-state index contributed by atoms with van der Waals surface area (Å²) in [5.41, 5.74) is 1.01. The van der Waals surface area contributed by atoms with Gasteiger partial charge >= 0.3 is 5.69 Å². The van der Waals surface area contributed by atoms with Crippen LogP contribution in [-0.4, -0.2) is 28.2 Å². The Morgan fingerprint density at radius 3 is 2.68 bits per heavy atom. The van der Waals surface area contributed by atoms with Crippen molar-refractivity contribution in [1.29, 1.82) is 0 Å². The highest BCUT2D eigenvalue weighted by Gasteiger charge is 2.09. The highest BCUT2D eigenvalue weighted by atomic mass is 16.5. The summed E-state index contributed by atoms with van der Waals surface area (Å²) in [6, 6.07) is 7.46. The lowest BCUT2D eigenvalue weighted by Gasteiger charge is -2.11. The molecule has 0 radical (unpaired) electrons. The Kier molecular flexibility index (Phi) is 4.25. The van der Waals surface area contributed by atoms with E-state index in [1.165, 1.54) is 6.20 Å². The van der Waals surface area contributed by atoms with Crippen molar-refractivity contribution in [2.45, 2.75) is 13.0 Å². The Bertz CT molecular complexity index is 559. The fourth-order valence-electron chi connectivity index (χ4n) is 1.69. The van der Waals surface area contributed by atoms with Crippen LogP contribution in [0.2, 0.25) is 0 Å². The Labute approximate surface area is 110 Å². The third-order valence-corrected chi connectivity index (χ3v) is 2.64. The number of aliphatic hydroxyl groups is 1. The van der Waals surface area contributed by atoms with Gasteiger partial charge in [-0.1, -0.05) is 0 Å². The summed E-state index contributed by atoms with van der Waals surface area (Å²) in [5.74, 6) is 0.809. The smallest absolute Gasteiger partial charge is 0.323 e. The molecule has 4 N–H and O–H groups in total. The molecule has 1 atom stereocenters. The van der Waals surface area contributed by atoms with Gasteiger partial charge in [-0.15, -0.1) is 0 Å². The zero-order valence-corrected chi connectivity index (χ0v) is 10.6. The van der Waals surface area contributed by atoms with Gasteiger partial charge in [0.2, 0.25) is 0 Å². The number of rotatable bonds is 6. The van der Waals surface area contributed by atoms with Gasteiger partial charge in [-0.3, -0.25) is 0 Å². The van der Waals surface area contributed by atoms with E-state index >= 15 is 0 Å². The number of nitrogens with one attached hydrogen (secondary N) is 3. The van der Waals surface area contributed by atoms with Gasteiger partial charge in [-0.25, -0.2) is 4.79 Å². The van der Waals surface area contributed by atoms with Crippen molar-refractivity contribution in [1.82, 2.24) is 9.97 Å². The maximum atomic E-state index is 10.9. The number of hydrogen-bond donors (Lipinski definition) is 4. The Balaban J connectivity index is 1.89. The lowest BCUT2D eigenvalue weighted by molar-refractivity contribution is 0.187. The van der Waals surface area contributed by atoms with Crippen molar-refractivity contribution in [3.8, 4) is 5.75 Å². The molecule has 2 aromatic rings. The maximum Gasteiger partial charge on any atom is 0.323 e. The third kappa shape index (κ3) is 3.62. The number of anilines is 1. The van der Waals surface area contributed by atoms with E-state index in [-0.39, 0.29) is 5.69 Å². The second kappa shape index (κ2) is 6.10. The predicted molar refractivity (Wildman–Crippen MR) is 72.5 cm³/mol. The number of benzene rings is 1. The van der Waals surface area contributed by atoms with Gasteiger partial charge in [0.15, 0.2) is 0 Å². The first-order valence-corrected chi connectivity index (χ1v) is 6.11. The first-order chi connectivity index (χ1) is 9.19. The molecular formula is C13H17N3O3. The van der Waals surface area contributed by atoms with E-state index in [0.717, 1.165) is 11.4 Å². The summed E-state index contributed by atoms with van der Waals surface area (Å²) in [6.45, 7) is 2.87. The third-order valence-electron chi connectivity index (χ3n) is 2.64. The molecule has 0 aliphatic heterocycles. The van der Waals surface area contributed by atoms with E-state index in [1.54, 1.807) is 0 Å². The lowest BCUT2D eigenvalue weighted by Crippen LogP contribution is -2.13. The van der Waals surface area contributed by atoms with Crippen molar-refractivity contribution in [3.05, 3.63) is 46.6 Å². The van der Waals surface area contributed by atoms with Crippen LogP contribution in [0, 0.1) is 0 Å². The van der Waals surface area contributed by atoms with Crippen LogP contribution in [0.5, 0.6) is 5.75 Å². The minimum atomic E-state index is -0.773. The molecule has 1 aromatic heterocycles. The molecule has 19 heavy (non-hydrogen) atoms. The van der Waals surface area contributed by atoms with E-state index in [1.807, 2.05) is 31.2 Å². The highest BCUT2D eigenvalue weighted by Crippen LogP contribution is 2.16. The average Bonchev–Trinajstić information content (AvgIpc) is 2.85. The maximum absolute atomic E-state index is 10.9. The minimum absolute atomic E-state index is 0.307. The fraction of sp³-hybridized carbons (Fsp3) is 0.308. The zero-order chi connectivity index (χ0) is 13.7. The molecule has 0 bridgehead atoms. The SMILES string of the molecule is CCOc1ccc(NCC(O)c2c[nH]c(=O)[nH]2)cc1. The molecule has 0 fully saturated rings. The van der Waals surface area contributed by atoms with Crippen LogP contribution in [-0.2, 0) is 0 Å². The largest absolute Gasteiger partial charge is 0.494 e. The van der Waals surface area contributed by atoms with Gasteiger partial charge in [0, 0.05) is 18.4 Å². The second-order valence-corrected chi connectivity index (χ2v) is 4.05. The van der Waals surface area contributed by atoms with Crippen LogP contribution < -0.4 is 15.7 Å². The van der Waals surface area contributed by atoms with Crippen LogP contribution in [0.1, 0.15) is 18.7 Å². The molecule has 0 amide bonds. The van der Waals surface area contributed by atoms with Crippen LogP contribution in [0.3, 0.4) is 0 Å². The van der Waals surface area contributed by atoms with Crippen molar-refractivity contribution in [2.24, 2.45) is 0 Å². The molecule has 102 valence electrons. The summed E-state index contributed by atoms with van der Waals surface area (Å²) in [5, 5.41) is 12.9. The molecule has 0 aliphatic rings. The second-order valence-electron chi connectivity index (χ2n) is 4.05. The summed E-state index contributed by atoms with van der Waals surface area (Å²) in [7, 11) is 0. The summed E-state index contributed by atoms with van der Waals surface area (Å²) < 4.78 is 5.34. The van der Waals surface area contributed by atoms with Gasteiger partial charge in [0.25, 0.3) is 0 Å². The Morgan fingerprint density at radius 2 is 2.11 bits per heavy atom. The van der Waals surface area contributed by atoms with Gasteiger partial charge in [0.05, 0.1) is 12.3 Å². The quantitative estimate of drug-likeness (QED) is 0.631. The fourth-order valence-corrected chi connectivity index (χ4v) is 1.69. The minimum Gasteiger partial charge on any atom is -0.494 e. The molecule has 0 saturated heterocycles. The Morgan fingerprint density at radius 1 is 1.37 bits per heavy atom. The molecule has 6 nitrogen and oxygen atoms in total.